The van der Waals surface area contributed by atoms with Gasteiger partial charge in [0.25, 0.3) is 0 Å². The quantitative estimate of drug-likeness (QED) is 0.738. The van der Waals surface area contributed by atoms with Crippen molar-refractivity contribution < 1.29 is 0 Å². The molecule has 0 saturated heterocycles. The van der Waals surface area contributed by atoms with Crippen LogP contribution in [-0.2, 0) is 0 Å². The van der Waals surface area contributed by atoms with Crippen LogP contribution in [0, 0.1) is 20.8 Å². The second kappa shape index (κ2) is 3.93. The van der Waals surface area contributed by atoms with Crippen LogP contribution in [0.4, 0.5) is 0 Å². The van der Waals surface area contributed by atoms with Gasteiger partial charge in [0.05, 0.1) is 0 Å². The molecule has 0 aliphatic rings. The van der Waals surface area contributed by atoms with Crippen LogP contribution in [0.25, 0.3) is 0 Å². The van der Waals surface area contributed by atoms with Crippen LogP contribution < -0.4 is 5.73 Å². The Morgan fingerprint density at radius 2 is 1.62 bits per heavy atom. The fourth-order valence-corrected chi connectivity index (χ4v) is 2.09. The highest BCUT2D eigenvalue weighted by Crippen LogP contribution is 2.23. The van der Waals surface area contributed by atoms with Crippen molar-refractivity contribution in [1.29, 1.82) is 0 Å². The predicted octanol–water partition coefficient (Wildman–Crippen LogP) is 2.67. The summed E-state index contributed by atoms with van der Waals surface area (Å²) < 4.78 is 0. The highest BCUT2D eigenvalue weighted by Gasteiger charge is 2.09. The fraction of sp³-hybridized carbons (Fsp3) is 0.500. The highest BCUT2D eigenvalue weighted by molar-refractivity contribution is 5.39. The van der Waals surface area contributed by atoms with Crippen molar-refractivity contribution in [3.63, 3.8) is 0 Å². The number of hydrogen-bond acceptors (Lipinski definition) is 1. The number of nitrogens with two attached hydrogens (primary N) is 1. The van der Waals surface area contributed by atoms with Gasteiger partial charge in [0.1, 0.15) is 0 Å². The molecular weight excluding hydrogens is 158 g/mol. The van der Waals surface area contributed by atoms with E-state index in [1.807, 2.05) is 0 Å². The molecule has 0 saturated carbocycles. The molecule has 2 N–H and O–H groups in total. The summed E-state index contributed by atoms with van der Waals surface area (Å²) >= 11 is 0. The second-order valence-electron chi connectivity index (χ2n) is 3.95. The molecule has 0 fully saturated rings. The summed E-state index contributed by atoms with van der Waals surface area (Å²) in [6.07, 6.45) is 0. The van der Waals surface area contributed by atoms with Crippen molar-refractivity contribution in [1.82, 2.24) is 0 Å². The van der Waals surface area contributed by atoms with E-state index in [1.165, 1.54) is 22.3 Å². The largest absolute Gasteiger partial charge is 0.330 e. The molecule has 0 aromatic heterocycles. The smallest absolute Gasteiger partial charge is 0.00107 e. The molecule has 0 spiro atoms. The molecular formula is C12H19N. The van der Waals surface area contributed by atoms with E-state index in [2.05, 4.69) is 39.8 Å². The van der Waals surface area contributed by atoms with Gasteiger partial charge >= 0.3 is 0 Å². The summed E-state index contributed by atoms with van der Waals surface area (Å²) in [7, 11) is 0. The zero-order valence-electron chi connectivity index (χ0n) is 9.02. The van der Waals surface area contributed by atoms with Gasteiger partial charge in [0.15, 0.2) is 0 Å². The Hall–Kier alpha value is -0.820. The van der Waals surface area contributed by atoms with Crippen LogP contribution in [0.2, 0.25) is 0 Å². The molecule has 0 amide bonds. The van der Waals surface area contributed by atoms with Gasteiger partial charge in [0, 0.05) is 0 Å². The zero-order chi connectivity index (χ0) is 10.0. The van der Waals surface area contributed by atoms with Crippen LogP contribution >= 0.6 is 0 Å². The Labute approximate surface area is 81.0 Å². The number of aryl methyl sites for hydroxylation is 3. The predicted molar refractivity (Wildman–Crippen MR) is 58.1 cm³/mol. The normalized spacial score (nSPS) is 13.0. The lowest BCUT2D eigenvalue weighted by molar-refractivity contribution is 0.761. The molecule has 0 aliphatic carbocycles. The average Bonchev–Trinajstić information content (AvgIpc) is 2.02. The second-order valence-corrected chi connectivity index (χ2v) is 3.95. The maximum atomic E-state index is 5.68. The van der Waals surface area contributed by atoms with Gasteiger partial charge in [0.2, 0.25) is 0 Å². The van der Waals surface area contributed by atoms with Gasteiger partial charge in [-0.2, -0.15) is 0 Å². The summed E-state index contributed by atoms with van der Waals surface area (Å²) in [5.74, 6) is 0.473. The first-order valence-corrected chi connectivity index (χ1v) is 4.84. The Kier molecular flexibility index (Phi) is 3.10. The number of hydrogen-bond donors (Lipinski definition) is 1. The third-order valence-corrected chi connectivity index (χ3v) is 2.58. The molecule has 1 rings (SSSR count). The van der Waals surface area contributed by atoms with Gasteiger partial charge in [-0.25, -0.2) is 0 Å². The first kappa shape index (κ1) is 10.3. The summed E-state index contributed by atoms with van der Waals surface area (Å²) in [6.45, 7) is 9.38. The van der Waals surface area contributed by atoms with Crippen LogP contribution in [0.15, 0.2) is 12.1 Å². The first-order chi connectivity index (χ1) is 6.06. The standard InChI is InChI=1S/C12H19N/c1-8-5-9(2)12(10(3)6-8)11(4)7-13/h5-6,11H,7,13H2,1-4H3/t11-/m1/s1. The van der Waals surface area contributed by atoms with Crippen molar-refractivity contribution in [2.45, 2.75) is 33.6 Å². The average molecular weight is 177 g/mol. The Morgan fingerprint density at radius 3 is 2.00 bits per heavy atom. The molecule has 1 atom stereocenters. The molecule has 1 aromatic carbocycles. The van der Waals surface area contributed by atoms with Gasteiger partial charge < -0.3 is 5.73 Å². The van der Waals surface area contributed by atoms with Crippen molar-refractivity contribution in [3.05, 3.63) is 34.4 Å². The van der Waals surface area contributed by atoms with Crippen LogP contribution in [0.1, 0.15) is 35.1 Å². The lowest BCUT2D eigenvalue weighted by atomic mass is 9.91. The lowest BCUT2D eigenvalue weighted by Crippen LogP contribution is -2.11. The summed E-state index contributed by atoms with van der Waals surface area (Å²) in [5.41, 5.74) is 11.2. The molecule has 13 heavy (non-hydrogen) atoms. The first-order valence-electron chi connectivity index (χ1n) is 4.84. The Morgan fingerprint density at radius 1 is 1.15 bits per heavy atom. The number of benzene rings is 1. The molecule has 0 bridgehead atoms. The van der Waals surface area contributed by atoms with Gasteiger partial charge in [-0.15, -0.1) is 0 Å². The Bertz CT molecular complexity index is 279. The lowest BCUT2D eigenvalue weighted by Gasteiger charge is -2.16. The molecule has 0 unspecified atom stereocenters. The van der Waals surface area contributed by atoms with E-state index in [9.17, 15) is 0 Å². The molecule has 0 radical (unpaired) electrons. The maximum Gasteiger partial charge on any atom is -0.00107 e. The van der Waals surface area contributed by atoms with E-state index in [0.29, 0.717) is 5.92 Å². The molecule has 72 valence electrons. The van der Waals surface area contributed by atoms with E-state index < -0.39 is 0 Å². The fourth-order valence-electron chi connectivity index (χ4n) is 2.09. The minimum Gasteiger partial charge on any atom is -0.330 e. The highest BCUT2D eigenvalue weighted by atomic mass is 14.5. The summed E-state index contributed by atoms with van der Waals surface area (Å²) in [6, 6.07) is 4.46. The van der Waals surface area contributed by atoms with E-state index in [0.717, 1.165) is 6.54 Å². The molecule has 0 heterocycles. The zero-order valence-corrected chi connectivity index (χ0v) is 9.02. The minimum atomic E-state index is 0.473. The number of rotatable bonds is 2. The van der Waals surface area contributed by atoms with Gasteiger partial charge in [-0.1, -0.05) is 24.6 Å². The van der Waals surface area contributed by atoms with Crippen molar-refractivity contribution >= 4 is 0 Å². The third-order valence-electron chi connectivity index (χ3n) is 2.58. The maximum absolute atomic E-state index is 5.68. The summed E-state index contributed by atoms with van der Waals surface area (Å²) in [4.78, 5) is 0. The van der Waals surface area contributed by atoms with Crippen LogP contribution in [0.3, 0.4) is 0 Å². The molecule has 1 aromatic rings. The molecule has 0 aliphatic heterocycles. The van der Waals surface area contributed by atoms with Crippen molar-refractivity contribution in [2.75, 3.05) is 6.54 Å². The van der Waals surface area contributed by atoms with Crippen LogP contribution in [-0.4, -0.2) is 6.54 Å². The van der Waals surface area contributed by atoms with Gasteiger partial charge in [-0.3, -0.25) is 0 Å². The SMILES string of the molecule is Cc1cc(C)c([C@H](C)CN)c(C)c1. The van der Waals surface area contributed by atoms with E-state index >= 15 is 0 Å². The summed E-state index contributed by atoms with van der Waals surface area (Å²) in [5, 5.41) is 0. The van der Waals surface area contributed by atoms with Crippen molar-refractivity contribution in [2.24, 2.45) is 5.73 Å². The minimum absolute atomic E-state index is 0.473. The Balaban J connectivity index is 3.20. The monoisotopic (exact) mass is 177 g/mol. The van der Waals surface area contributed by atoms with Crippen LogP contribution in [0.5, 0.6) is 0 Å². The topological polar surface area (TPSA) is 26.0 Å². The van der Waals surface area contributed by atoms with E-state index in [4.69, 9.17) is 5.73 Å². The third kappa shape index (κ3) is 2.10. The van der Waals surface area contributed by atoms with Crippen molar-refractivity contribution in [3.8, 4) is 0 Å². The molecule has 1 heteroatoms. The van der Waals surface area contributed by atoms with E-state index in [1.54, 1.807) is 0 Å². The molecule has 1 nitrogen and oxygen atoms in total. The van der Waals surface area contributed by atoms with Gasteiger partial charge in [-0.05, 0) is 49.9 Å². The van der Waals surface area contributed by atoms with E-state index in [-0.39, 0.29) is 0 Å².